The molecule has 16 heavy (non-hydrogen) atoms. The van der Waals surface area contributed by atoms with Crippen LogP contribution in [0.15, 0.2) is 0 Å². The van der Waals surface area contributed by atoms with Gasteiger partial charge < -0.3 is 15.2 Å². The summed E-state index contributed by atoms with van der Waals surface area (Å²) in [6.07, 6.45) is 0.358. The van der Waals surface area contributed by atoms with E-state index in [0.717, 1.165) is 0 Å². The van der Waals surface area contributed by atoms with Gasteiger partial charge >= 0.3 is 11.9 Å². The summed E-state index contributed by atoms with van der Waals surface area (Å²) in [6, 6.07) is 0. The molecule has 0 aromatic heterocycles. The van der Waals surface area contributed by atoms with E-state index < -0.39 is 17.5 Å². The molecule has 0 amide bonds. The van der Waals surface area contributed by atoms with Gasteiger partial charge in [0.2, 0.25) is 0 Å². The Morgan fingerprint density at radius 1 is 1.25 bits per heavy atom. The quantitative estimate of drug-likeness (QED) is 0.679. The monoisotopic (exact) mass is 229 g/mol. The molecule has 0 aromatic rings. The fourth-order valence-corrected chi connectivity index (χ4v) is 1.69. The number of esters is 1. The lowest BCUT2D eigenvalue weighted by Gasteiger charge is -2.29. The van der Waals surface area contributed by atoms with Crippen LogP contribution >= 0.6 is 0 Å². The van der Waals surface area contributed by atoms with E-state index in [9.17, 15) is 9.59 Å². The lowest BCUT2D eigenvalue weighted by molar-refractivity contribution is -0.161. The standard InChI is InChI=1S/C11H19NO4/c1-11(2,3)16-10(15)8-4-7(9(13)14)5-12-6-8/h7-8,12H,4-6H2,1-3H3,(H,13,14). The van der Waals surface area contributed by atoms with Crippen molar-refractivity contribution >= 4 is 11.9 Å². The van der Waals surface area contributed by atoms with Gasteiger partial charge in [-0.3, -0.25) is 9.59 Å². The van der Waals surface area contributed by atoms with Crippen LogP contribution in [0.2, 0.25) is 0 Å². The molecule has 2 N–H and O–H groups in total. The van der Waals surface area contributed by atoms with Gasteiger partial charge in [0.05, 0.1) is 11.8 Å². The highest BCUT2D eigenvalue weighted by Gasteiger charge is 2.33. The van der Waals surface area contributed by atoms with Crippen LogP contribution in [0.4, 0.5) is 0 Å². The number of carboxylic acids is 1. The molecule has 5 nitrogen and oxygen atoms in total. The number of ether oxygens (including phenoxy) is 1. The summed E-state index contributed by atoms with van der Waals surface area (Å²) in [5, 5.41) is 11.8. The van der Waals surface area contributed by atoms with Crippen LogP contribution in [0.25, 0.3) is 0 Å². The third kappa shape index (κ3) is 3.81. The van der Waals surface area contributed by atoms with Crippen molar-refractivity contribution < 1.29 is 19.4 Å². The minimum Gasteiger partial charge on any atom is -0.481 e. The Morgan fingerprint density at radius 3 is 2.31 bits per heavy atom. The summed E-state index contributed by atoms with van der Waals surface area (Å²) in [5.41, 5.74) is -0.521. The lowest BCUT2D eigenvalue weighted by Crippen LogP contribution is -2.44. The number of carbonyl (C=O) groups is 2. The lowest BCUT2D eigenvalue weighted by atomic mass is 9.90. The highest BCUT2D eigenvalue weighted by molar-refractivity contribution is 5.76. The molecular weight excluding hydrogens is 210 g/mol. The van der Waals surface area contributed by atoms with Crippen molar-refractivity contribution in [1.82, 2.24) is 5.32 Å². The second-order valence-electron chi connectivity index (χ2n) is 5.16. The molecule has 2 unspecified atom stereocenters. The second kappa shape index (κ2) is 4.82. The van der Waals surface area contributed by atoms with Crippen LogP contribution in [-0.4, -0.2) is 35.7 Å². The molecule has 0 aromatic carbocycles. The smallest absolute Gasteiger partial charge is 0.310 e. The number of rotatable bonds is 2. The van der Waals surface area contributed by atoms with E-state index in [0.29, 0.717) is 19.5 Å². The number of carboxylic acid groups (broad SMARTS) is 1. The van der Waals surface area contributed by atoms with Crippen molar-refractivity contribution in [2.24, 2.45) is 11.8 Å². The molecule has 1 heterocycles. The van der Waals surface area contributed by atoms with E-state index in [2.05, 4.69) is 5.32 Å². The molecule has 0 spiro atoms. The Kier molecular flexibility index (Phi) is 3.91. The van der Waals surface area contributed by atoms with Gasteiger partial charge in [-0.15, -0.1) is 0 Å². The molecule has 92 valence electrons. The Labute approximate surface area is 95.2 Å². The average molecular weight is 229 g/mol. The van der Waals surface area contributed by atoms with Gasteiger partial charge in [-0.05, 0) is 27.2 Å². The summed E-state index contributed by atoms with van der Waals surface area (Å²) in [7, 11) is 0. The predicted octanol–water partition coefficient (Wildman–Crippen LogP) is 0.638. The van der Waals surface area contributed by atoms with Crippen LogP contribution in [-0.2, 0) is 14.3 Å². The molecule has 0 radical (unpaired) electrons. The van der Waals surface area contributed by atoms with Gasteiger partial charge in [-0.25, -0.2) is 0 Å². The van der Waals surface area contributed by atoms with Crippen LogP contribution in [0, 0.1) is 11.8 Å². The summed E-state index contributed by atoms with van der Waals surface area (Å²) in [5.74, 6) is -2.02. The first-order valence-corrected chi connectivity index (χ1v) is 5.46. The minimum atomic E-state index is -0.860. The van der Waals surface area contributed by atoms with E-state index in [-0.39, 0.29) is 11.9 Å². The summed E-state index contributed by atoms with van der Waals surface area (Å²) in [4.78, 5) is 22.5. The van der Waals surface area contributed by atoms with Gasteiger partial charge in [0.15, 0.2) is 0 Å². The van der Waals surface area contributed by atoms with E-state index in [1.54, 1.807) is 20.8 Å². The number of hydrogen-bond donors (Lipinski definition) is 2. The molecule has 5 heteroatoms. The first-order valence-electron chi connectivity index (χ1n) is 5.46. The molecular formula is C11H19NO4. The van der Waals surface area contributed by atoms with Crippen molar-refractivity contribution in [1.29, 1.82) is 0 Å². The summed E-state index contributed by atoms with van der Waals surface area (Å²) in [6.45, 7) is 6.33. The molecule has 1 fully saturated rings. The molecule has 1 rings (SSSR count). The van der Waals surface area contributed by atoms with Crippen molar-refractivity contribution in [2.45, 2.75) is 32.8 Å². The fraction of sp³-hybridized carbons (Fsp3) is 0.818. The maximum atomic E-state index is 11.7. The number of nitrogens with one attached hydrogen (secondary N) is 1. The van der Waals surface area contributed by atoms with Crippen LogP contribution in [0.5, 0.6) is 0 Å². The average Bonchev–Trinajstić information content (AvgIpc) is 2.15. The van der Waals surface area contributed by atoms with Gasteiger partial charge in [-0.1, -0.05) is 0 Å². The molecule has 0 saturated carbocycles. The van der Waals surface area contributed by atoms with Crippen molar-refractivity contribution in [3.63, 3.8) is 0 Å². The first-order chi connectivity index (χ1) is 7.29. The molecule has 1 aliphatic rings. The fourth-order valence-electron chi connectivity index (χ4n) is 1.69. The number of carbonyl (C=O) groups excluding carboxylic acids is 1. The number of piperidine rings is 1. The summed E-state index contributed by atoms with van der Waals surface area (Å²) >= 11 is 0. The van der Waals surface area contributed by atoms with Crippen LogP contribution in [0.1, 0.15) is 27.2 Å². The normalized spacial score (nSPS) is 26.2. The molecule has 0 aliphatic carbocycles. The van der Waals surface area contributed by atoms with E-state index in [1.807, 2.05) is 0 Å². The molecule has 1 saturated heterocycles. The topological polar surface area (TPSA) is 75.6 Å². The Morgan fingerprint density at radius 2 is 1.81 bits per heavy atom. The third-order valence-corrected chi connectivity index (χ3v) is 2.44. The van der Waals surface area contributed by atoms with Crippen molar-refractivity contribution in [3.8, 4) is 0 Å². The SMILES string of the molecule is CC(C)(C)OC(=O)C1CNCC(C(=O)O)C1. The van der Waals surface area contributed by atoms with E-state index in [4.69, 9.17) is 9.84 Å². The van der Waals surface area contributed by atoms with E-state index >= 15 is 0 Å². The van der Waals surface area contributed by atoms with E-state index in [1.165, 1.54) is 0 Å². The Balaban J connectivity index is 2.54. The zero-order valence-corrected chi connectivity index (χ0v) is 9.95. The Hall–Kier alpha value is -1.10. The molecule has 1 aliphatic heterocycles. The highest BCUT2D eigenvalue weighted by Crippen LogP contribution is 2.20. The van der Waals surface area contributed by atoms with Crippen LogP contribution < -0.4 is 5.32 Å². The van der Waals surface area contributed by atoms with Gasteiger partial charge in [-0.2, -0.15) is 0 Å². The Bertz CT molecular complexity index is 282. The van der Waals surface area contributed by atoms with Crippen molar-refractivity contribution in [3.05, 3.63) is 0 Å². The van der Waals surface area contributed by atoms with Crippen LogP contribution in [0.3, 0.4) is 0 Å². The maximum absolute atomic E-state index is 11.7. The number of aliphatic carboxylic acids is 1. The first kappa shape index (κ1) is 13.0. The second-order valence-corrected chi connectivity index (χ2v) is 5.16. The van der Waals surface area contributed by atoms with Gasteiger partial charge in [0.1, 0.15) is 5.60 Å². The number of hydrogen-bond acceptors (Lipinski definition) is 4. The highest BCUT2D eigenvalue weighted by atomic mass is 16.6. The maximum Gasteiger partial charge on any atom is 0.310 e. The molecule has 2 atom stereocenters. The van der Waals surface area contributed by atoms with Gasteiger partial charge in [0, 0.05) is 13.1 Å². The minimum absolute atomic E-state index is 0.314. The predicted molar refractivity (Wildman–Crippen MR) is 57.9 cm³/mol. The summed E-state index contributed by atoms with van der Waals surface area (Å²) < 4.78 is 5.23. The largest absolute Gasteiger partial charge is 0.481 e. The third-order valence-electron chi connectivity index (χ3n) is 2.44. The van der Waals surface area contributed by atoms with Gasteiger partial charge in [0.25, 0.3) is 0 Å². The zero-order valence-electron chi connectivity index (χ0n) is 9.95. The van der Waals surface area contributed by atoms with Crippen molar-refractivity contribution in [2.75, 3.05) is 13.1 Å². The zero-order chi connectivity index (χ0) is 12.3. The molecule has 0 bridgehead atoms.